The first-order chi connectivity index (χ1) is 13.7. The zero-order valence-corrected chi connectivity index (χ0v) is 17.4. The molecule has 0 saturated heterocycles. The first-order valence-corrected chi connectivity index (χ1v) is 10.9. The number of hydrogen-bond acceptors (Lipinski definition) is 5. The van der Waals surface area contributed by atoms with Crippen LogP contribution in [0.4, 0.5) is 11.4 Å². The molecule has 0 saturated carbocycles. The van der Waals surface area contributed by atoms with Gasteiger partial charge in [-0.2, -0.15) is 0 Å². The molecule has 1 atom stereocenters. The first-order valence-electron chi connectivity index (χ1n) is 9.37. The maximum absolute atomic E-state index is 12.9. The number of rotatable bonds is 6. The van der Waals surface area contributed by atoms with E-state index in [0.29, 0.717) is 23.0 Å². The molecule has 2 N–H and O–H groups in total. The first kappa shape index (κ1) is 20.9. The van der Waals surface area contributed by atoms with Gasteiger partial charge in [0.1, 0.15) is 5.75 Å². The minimum absolute atomic E-state index is 0.0311. The van der Waals surface area contributed by atoms with Gasteiger partial charge in [0.25, 0.3) is 5.91 Å². The smallest absolute Gasteiger partial charge is 0.262 e. The molecule has 154 valence electrons. The maximum Gasteiger partial charge on any atom is 0.262 e. The van der Waals surface area contributed by atoms with Crippen molar-refractivity contribution in [2.24, 2.45) is 0 Å². The predicted octanol–water partition coefficient (Wildman–Crippen LogP) is 3.33. The van der Waals surface area contributed by atoms with E-state index in [0.717, 1.165) is 5.56 Å². The number of fused-ring (bicyclic) bond motifs is 1. The lowest BCUT2D eigenvalue weighted by Gasteiger charge is -2.19. The van der Waals surface area contributed by atoms with Crippen molar-refractivity contribution >= 4 is 33.0 Å². The molecule has 1 heterocycles. The number of amides is 2. The van der Waals surface area contributed by atoms with Gasteiger partial charge in [0, 0.05) is 12.1 Å². The van der Waals surface area contributed by atoms with Crippen molar-refractivity contribution in [2.45, 2.75) is 43.3 Å². The number of hydrogen-bond donors (Lipinski definition) is 2. The number of ether oxygens (including phenoxy) is 1. The molecule has 0 unspecified atom stereocenters. The van der Waals surface area contributed by atoms with Gasteiger partial charge in [-0.05, 0) is 48.7 Å². The van der Waals surface area contributed by atoms with Crippen molar-refractivity contribution in [3.8, 4) is 5.75 Å². The summed E-state index contributed by atoms with van der Waals surface area (Å²) in [5, 5.41) is 4.39. The molecule has 1 aliphatic rings. The Morgan fingerprint density at radius 1 is 1.14 bits per heavy atom. The van der Waals surface area contributed by atoms with E-state index in [1.807, 2.05) is 12.1 Å². The molecule has 0 spiro atoms. The van der Waals surface area contributed by atoms with Crippen LogP contribution < -0.4 is 15.4 Å². The van der Waals surface area contributed by atoms with E-state index in [1.54, 1.807) is 12.1 Å². The second-order valence-corrected chi connectivity index (χ2v) is 9.75. The quantitative estimate of drug-likeness (QED) is 0.752. The standard InChI is InChI=1S/C21H24N2O5S/c1-13(2)15-4-6-16(7-5-15)22-20(24)10-14(3)29(26,27)17-8-9-19-18(11-17)23-21(25)12-28-19/h4-9,11,13-14H,10,12H2,1-3H3,(H,22,24)(H,23,25)/t14-/m1/s1. The largest absolute Gasteiger partial charge is 0.482 e. The van der Waals surface area contributed by atoms with Gasteiger partial charge < -0.3 is 15.4 Å². The summed E-state index contributed by atoms with van der Waals surface area (Å²) < 4.78 is 31.0. The fraction of sp³-hybridized carbons (Fsp3) is 0.333. The molecule has 0 aromatic heterocycles. The fourth-order valence-corrected chi connectivity index (χ4v) is 4.38. The Hall–Kier alpha value is -2.87. The predicted molar refractivity (Wildman–Crippen MR) is 111 cm³/mol. The summed E-state index contributed by atoms with van der Waals surface area (Å²) >= 11 is 0. The van der Waals surface area contributed by atoms with Crippen molar-refractivity contribution in [1.29, 1.82) is 0 Å². The van der Waals surface area contributed by atoms with Crippen molar-refractivity contribution in [1.82, 2.24) is 0 Å². The Kier molecular flexibility index (Phi) is 5.93. The van der Waals surface area contributed by atoms with E-state index in [2.05, 4.69) is 24.5 Å². The molecule has 1 aliphatic heterocycles. The van der Waals surface area contributed by atoms with Gasteiger partial charge in [0.05, 0.1) is 15.8 Å². The summed E-state index contributed by atoms with van der Waals surface area (Å²) in [5.74, 6) is 0.0754. The molecule has 7 nitrogen and oxygen atoms in total. The fourth-order valence-electron chi connectivity index (χ4n) is 3.01. The zero-order chi connectivity index (χ0) is 21.2. The monoisotopic (exact) mass is 416 g/mol. The van der Waals surface area contributed by atoms with Crippen LogP contribution in [-0.4, -0.2) is 32.1 Å². The summed E-state index contributed by atoms with van der Waals surface area (Å²) in [6.45, 7) is 5.55. The highest BCUT2D eigenvalue weighted by Crippen LogP contribution is 2.31. The van der Waals surface area contributed by atoms with Gasteiger partial charge in [-0.3, -0.25) is 9.59 Å². The van der Waals surface area contributed by atoms with E-state index in [1.165, 1.54) is 25.1 Å². The Bertz CT molecular complexity index is 1030. The summed E-state index contributed by atoms with van der Waals surface area (Å²) in [6, 6.07) is 11.8. The van der Waals surface area contributed by atoms with Crippen molar-refractivity contribution in [3.05, 3.63) is 48.0 Å². The van der Waals surface area contributed by atoms with E-state index < -0.39 is 15.1 Å². The number of sulfone groups is 1. The van der Waals surface area contributed by atoms with E-state index in [9.17, 15) is 18.0 Å². The summed E-state index contributed by atoms with van der Waals surface area (Å²) in [6.07, 6.45) is -0.186. The Labute approximate surface area is 170 Å². The number of nitrogens with one attached hydrogen (secondary N) is 2. The highest BCUT2D eigenvalue weighted by atomic mass is 32.2. The van der Waals surface area contributed by atoms with Crippen LogP contribution in [0.3, 0.4) is 0 Å². The van der Waals surface area contributed by atoms with Crippen molar-refractivity contribution < 1.29 is 22.7 Å². The van der Waals surface area contributed by atoms with Crippen LogP contribution in [0.2, 0.25) is 0 Å². The van der Waals surface area contributed by atoms with E-state index in [4.69, 9.17) is 4.74 Å². The summed E-state index contributed by atoms with van der Waals surface area (Å²) in [5.41, 5.74) is 2.09. The summed E-state index contributed by atoms with van der Waals surface area (Å²) in [7, 11) is -3.76. The molecule has 0 radical (unpaired) electrons. The van der Waals surface area contributed by atoms with E-state index in [-0.39, 0.29) is 29.7 Å². The molecular formula is C21H24N2O5S. The minimum Gasteiger partial charge on any atom is -0.482 e. The Morgan fingerprint density at radius 2 is 1.83 bits per heavy atom. The molecule has 2 aromatic carbocycles. The van der Waals surface area contributed by atoms with Gasteiger partial charge in [-0.15, -0.1) is 0 Å². The molecule has 3 rings (SSSR count). The second kappa shape index (κ2) is 8.24. The van der Waals surface area contributed by atoms with Crippen LogP contribution in [-0.2, 0) is 19.4 Å². The third-order valence-electron chi connectivity index (χ3n) is 4.78. The highest BCUT2D eigenvalue weighted by Gasteiger charge is 2.28. The lowest BCUT2D eigenvalue weighted by molar-refractivity contribution is -0.118. The Balaban J connectivity index is 1.69. The normalized spacial score (nSPS) is 14.6. The minimum atomic E-state index is -3.76. The average Bonchev–Trinajstić information content (AvgIpc) is 2.67. The van der Waals surface area contributed by atoms with Crippen molar-refractivity contribution in [3.63, 3.8) is 0 Å². The van der Waals surface area contributed by atoms with Crippen LogP contribution in [0.5, 0.6) is 5.75 Å². The highest BCUT2D eigenvalue weighted by molar-refractivity contribution is 7.92. The average molecular weight is 416 g/mol. The molecular weight excluding hydrogens is 392 g/mol. The molecule has 0 bridgehead atoms. The number of anilines is 2. The summed E-state index contributed by atoms with van der Waals surface area (Å²) in [4.78, 5) is 23.8. The topological polar surface area (TPSA) is 102 Å². The molecule has 0 aliphatic carbocycles. The third-order valence-corrected chi connectivity index (χ3v) is 6.91. The third kappa shape index (κ3) is 4.76. The van der Waals surface area contributed by atoms with Crippen LogP contribution in [0.15, 0.2) is 47.4 Å². The van der Waals surface area contributed by atoms with Crippen LogP contribution in [0.25, 0.3) is 0 Å². The van der Waals surface area contributed by atoms with Gasteiger partial charge in [-0.1, -0.05) is 26.0 Å². The lowest BCUT2D eigenvalue weighted by atomic mass is 10.0. The van der Waals surface area contributed by atoms with Crippen LogP contribution in [0.1, 0.15) is 38.7 Å². The SMILES string of the molecule is CC(C)c1ccc(NC(=O)C[C@@H](C)S(=O)(=O)c2ccc3c(c2)NC(=O)CO3)cc1. The number of carbonyl (C=O) groups is 2. The molecule has 8 heteroatoms. The number of benzene rings is 2. The van der Waals surface area contributed by atoms with Crippen LogP contribution >= 0.6 is 0 Å². The number of carbonyl (C=O) groups excluding carboxylic acids is 2. The molecule has 2 amide bonds. The maximum atomic E-state index is 12.9. The van der Waals surface area contributed by atoms with Gasteiger partial charge in [0.15, 0.2) is 16.4 Å². The van der Waals surface area contributed by atoms with Gasteiger partial charge in [-0.25, -0.2) is 8.42 Å². The van der Waals surface area contributed by atoms with Crippen molar-refractivity contribution in [2.75, 3.05) is 17.2 Å². The van der Waals surface area contributed by atoms with Gasteiger partial charge in [0.2, 0.25) is 5.91 Å². The Morgan fingerprint density at radius 3 is 2.48 bits per heavy atom. The second-order valence-electron chi connectivity index (χ2n) is 7.38. The molecule has 2 aromatic rings. The molecule has 29 heavy (non-hydrogen) atoms. The van der Waals surface area contributed by atoms with E-state index >= 15 is 0 Å². The van der Waals surface area contributed by atoms with Crippen LogP contribution in [0, 0.1) is 0 Å². The molecule has 0 fully saturated rings. The van der Waals surface area contributed by atoms with Gasteiger partial charge >= 0.3 is 0 Å². The zero-order valence-electron chi connectivity index (χ0n) is 16.6. The lowest BCUT2D eigenvalue weighted by Crippen LogP contribution is -2.27.